The molecule has 0 fully saturated rings. The van der Waals surface area contributed by atoms with Crippen molar-refractivity contribution in [2.45, 2.75) is 180 Å². The number of nitrogens with zero attached hydrogens (tertiary/aromatic N) is 1. The molecule has 0 unspecified atom stereocenters. The van der Waals surface area contributed by atoms with E-state index in [1.165, 1.54) is 103 Å². The molecule has 0 heterocycles. The molecule has 0 saturated heterocycles. The first-order chi connectivity index (χ1) is 20.8. The van der Waals surface area contributed by atoms with E-state index in [1.807, 2.05) is 0 Å². The van der Waals surface area contributed by atoms with Crippen molar-refractivity contribution in [2.24, 2.45) is 0 Å². The molecule has 0 spiro atoms. The monoisotopic (exact) mass is 611 g/mol. The first-order valence-corrected chi connectivity index (χ1v) is 18.0. The topological polar surface area (TPSA) is 112 Å². The number of rotatable bonds is 34. The summed E-state index contributed by atoms with van der Waals surface area (Å²) >= 11 is 0. The lowest BCUT2D eigenvalue weighted by Crippen LogP contribution is -2.45. The Hall–Kier alpha value is -1.89. The Balaban J connectivity index is 4.35. The fourth-order valence-corrected chi connectivity index (χ4v) is 5.95. The van der Waals surface area contributed by atoms with Crippen LogP contribution in [0, 0.1) is 0 Å². The normalized spacial score (nSPS) is 11.8. The molecule has 7 nitrogen and oxygen atoms in total. The van der Waals surface area contributed by atoms with Crippen LogP contribution in [-0.2, 0) is 14.4 Å². The van der Waals surface area contributed by atoms with E-state index in [2.05, 4.69) is 19.2 Å². The van der Waals surface area contributed by atoms with Gasteiger partial charge in [0.25, 0.3) is 0 Å². The average molecular weight is 611 g/mol. The Kier molecular flexibility index (Phi) is 28.8. The Morgan fingerprint density at radius 2 is 0.744 bits per heavy atom. The highest BCUT2D eigenvalue weighted by molar-refractivity contribution is 5.67. The molecule has 0 aliphatic rings. The third kappa shape index (κ3) is 29.9. The minimum absolute atomic E-state index is 0.154. The van der Waals surface area contributed by atoms with Crippen molar-refractivity contribution in [1.82, 2.24) is 0 Å². The van der Waals surface area contributed by atoms with Crippen LogP contribution in [0.1, 0.15) is 180 Å². The van der Waals surface area contributed by atoms with Crippen molar-refractivity contribution in [1.29, 1.82) is 0 Å². The van der Waals surface area contributed by atoms with Crippen LogP contribution in [0.2, 0.25) is 0 Å². The largest absolute Gasteiger partial charge is 0.481 e. The summed E-state index contributed by atoms with van der Waals surface area (Å²) in [5.74, 6) is -2.35. The highest BCUT2D eigenvalue weighted by Gasteiger charge is 2.24. The summed E-state index contributed by atoms with van der Waals surface area (Å²) in [7, 11) is 0. The van der Waals surface area contributed by atoms with Crippen molar-refractivity contribution in [3.63, 3.8) is 0 Å². The molecule has 0 atom stereocenters. The number of unbranched alkanes of at least 4 members (excludes halogenated alkanes) is 20. The van der Waals surface area contributed by atoms with Crippen molar-refractivity contribution >= 4 is 17.9 Å². The van der Waals surface area contributed by atoms with Gasteiger partial charge in [-0.1, -0.05) is 110 Å². The molecule has 252 valence electrons. The summed E-state index contributed by atoms with van der Waals surface area (Å²) in [6, 6.07) is 0. The summed E-state index contributed by atoms with van der Waals surface area (Å²) in [6.45, 7) is 4.70. The molecule has 0 radical (unpaired) electrons. The first-order valence-electron chi connectivity index (χ1n) is 18.0. The fourth-order valence-electron chi connectivity index (χ4n) is 5.95. The minimum Gasteiger partial charge on any atom is -0.481 e. The SMILES string of the molecule is CCCCCCCCCCCCCCCCCCC/C=C/[N+](CCCCC(=O)O)(CCCCC(=O)O)CCCCC(=O)O. The van der Waals surface area contributed by atoms with Crippen molar-refractivity contribution in [3.8, 4) is 0 Å². The molecule has 0 aromatic carbocycles. The van der Waals surface area contributed by atoms with Crippen LogP contribution in [-0.4, -0.2) is 57.3 Å². The van der Waals surface area contributed by atoms with E-state index < -0.39 is 17.9 Å². The van der Waals surface area contributed by atoms with Crippen LogP contribution in [0.4, 0.5) is 0 Å². The number of carboxylic acid groups (broad SMARTS) is 3. The van der Waals surface area contributed by atoms with Crippen LogP contribution in [0.15, 0.2) is 12.3 Å². The lowest BCUT2D eigenvalue weighted by Gasteiger charge is -2.35. The number of quaternary nitrogens is 1. The van der Waals surface area contributed by atoms with Crippen LogP contribution in [0.5, 0.6) is 0 Å². The third-order valence-electron chi connectivity index (χ3n) is 8.63. The molecule has 0 saturated carbocycles. The molecule has 0 aromatic rings. The Bertz CT molecular complexity index is 653. The number of hydrogen-bond donors (Lipinski definition) is 3. The second-order valence-corrected chi connectivity index (χ2v) is 12.8. The van der Waals surface area contributed by atoms with Gasteiger partial charge in [-0.15, -0.1) is 0 Å². The second-order valence-electron chi connectivity index (χ2n) is 12.8. The predicted molar refractivity (Wildman–Crippen MR) is 177 cm³/mol. The van der Waals surface area contributed by atoms with E-state index in [9.17, 15) is 14.4 Å². The standard InChI is InChI=1S/C36H67NO6/c1-2-3-4-5-6-7-8-9-10-11-12-13-14-15-16-17-18-19-23-30-37(31-24-20-27-34(38)39,32-25-21-28-35(40)41)33-26-22-29-36(42)43/h23,30H,2-22,24-29,31-33H2,1H3,(H2-,38,39,40,41,42,43)/p+1/b30-23+. The van der Waals surface area contributed by atoms with Gasteiger partial charge in [0.1, 0.15) is 0 Å². The zero-order chi connectivity index (χ0) is 31.9. The molecule has 0 bridgehead atoms. The van der Waals surface area contributed by atoms with Gasteiger partial charge in [0.2, 0.25) is 0 Å². The molecule has 0 aromatic heterocycles. The van der Waals surface area contributed by atoms with Crippen LogP contribution < -0.4 is 0 Å². The number of hydrogen-bond acceptors (Lipinski definition) is 3. The lowest BCUT2D eigenvalue weighted by molar-refractivity contribution is -0.880. The van der Waals surface area contributed by atoms with E-state index in [-0.39, 0.29) is 19.3 Å². The van der Waals surface area contributed by atoms with Gasteiger partial charge in [0.05, 0.1) is 25.8 Å². The van der Waals surface area contributed by atoms with E-state index in [0.717, 1.165) is 51.7 Å². The van der Waals surface area contributed by atoms with E-state index in [1.54, 1.807) is 0 Å². The Labute approximate surface area is 264 Å². The quantitative estimate of drug-likeness (QED) is 0.0494. The molecular weight excluding hydrogens is 542 g/mol. The van der Waals surface area contributed by atoms with Gasteiger partial charge in [0, 0.05) is 19.3 Å². The van der Waals surface area contributed by atoms with Crippen LogP contribution >= 0.6 is 0 Å². The zero-order valence-electron chi connectivity index (χ0n) is 27.9. The fraction of sp³-hybridized carbons (Fsp3) is 0.861. The van der Waals surface area contributed by atoms with Crippen molar-refractivity contribution in [3.05, 3.63) is 12.3 Å². The number of carbonyl (C=O) groups is 3. The summed E-state index contributed by atoms with van der Waals surface area (Å²) in [5, 5.41) is 27.1. The van der Waals surface area contributed by atoms with Gasteiger partial charge in [-0.25, -0.2) is 0 Å². The highest BCUT2D eigenvalue weighted by atomic mass is 16.4. The molecule has 0 aliphatic carbocycles. The summed E-state index contributed by atoms with van der Waals surface area (Å²) < 4.78 is 0.692. The molecule has 3 N–H and O–H groups in total. The maximum absolute atomic E-state index is 11.0. The summed E-state index contributed by atoms with van der Waals surface area (Å²) in [6.07, 6.45) is 33.3. The van der Waals surface area contributed by atoms with E-state index >= 15 is 0 Å². The van der Waals surface area contributed by atoms with Crippen molar-refractivity contribution < 1.29 is 34.2 Å². The molecule has 0 aliphatic heterocycles. The smallest absolute Gasteiger partial charge is 0.303 e. The van der Waals surface area contributed by atoms with E-state index in [0.29, 0.717) is 23.7 Å². The van der Waals surface area contributed by atoms with Gasteiger partial charge in [0.15, 0.2) is 0 Å². The molecule has 0 rings (SSSR count). The van der Waals surface area contributed by atoms with Gasteiger partial charge < -0.3 is 15.3 Å². The predicted octanol–water partition coefficient (Wildman–Crippen LogP) is 10.1. The second kappa shape index (κ2) is 30.1. The highest BCUT2D eigenvalue weighted by Crippen LogP contribution is 2.19. The number of allylic oxidation sites excluding steroid dienone is 1. The molecule has 43 heavy (non-hydrogen) atoms. The van der Waals surface area contributed by atoms with E-state index in [4.69, 9.17) is 15.3 Å². The van der Waals surface area contributed by atoms with Crippen molar-refractivity contribution in [2.75, 3.05) is 19.6 Å². The minimum atomic E-state index is -0.782. The first kappa shape index (κ1) is 41.1. The average Bonchev–Trinajstić information content (AvgIpc) is 2.96. The molecular formula is C36H68NO6+. The van der Waals surface area contributed by atoms with Crippen LogP contribution in [0.25, 0.3) is 0 Å². The van der Waals surface area contributed by atoms with Gasteiger partial charge >= 0.3 is 17.9 Å². The molecule has 0 amide bonds. The summed E-state index contributed by atoms with van der Waals surface area (Å²) in [4.78, 5) is 33.0. The Morgan fingerprint density at radius 3 is 1.05 bits per heavy atom. The Morgan fingerprint density at radius 1 is 0.442 bits per heavy atom. The van der Waals surface area contributed by atoms with Gasteiger partial charge in [-0.2, -0.15) is 0 Å². The lowest BCUT2D eigenvalue weighted by atomic mass is 10.0. The number of carboxylic acids is 3. The zero-order valence-corrected chi connectivity index (χ0v) is 27.9. The van der Waals surface area contributed by atoms with Gasteiger partial charge in [-0.3, -0.25) is 18.9 Å². The maximum atomic E-state index is 11.0. The molecule has 7 heteroatoms. The maximum Gasteiger partial charge on any atom is 0.303 e. The third-order valence-corrected chi connectivity index (χ3v) is 8.63. The van der Waals surface area contributed by atoms with Gasteiger partial charge in [-0.05, 0) is 57.4 Å². The van der Waals surface area contributed by atoms with Crippen LogP contribution in [0.3, 0.4) is 0 Å². The summed E-state index contributed by atoms with van der Waals surface area (Å²) in [5.41, 5.74) is 0. The number of aliphatic carboxylic acids is 3.